The van der Waals surface area contributed by atoms with E-state index in [-0.39, 0.29) is 16.7 Å². The van der Waals surface area contributed by atoms with E-state index < -0.39 is 40.7 Å². The van der Waals surface area contributed by atoms with Crippen LogP contribution in [0.5, 0.6) is 5.75 Å². The van der Waals surface area contributed by atoms with Crippen LogP contribution in [-0.2, 0) is 6.42 Å². The molecule has 0 saturated carbocycles. The van der Waals surface area contributed by atoms with Crippen LogP contribution in [0.1, 0.15) is 50.5 Å². The lowest BCUT2D eigenvalue weighted by Crippen LogP contribution is -1.97. The summed E-state index contributed by atoms with van der Waals surface area (Å²) in [6.45, 7) is 0.569. The highest BCUT2D eigenvalue weighted by molar-refractivity contribution is 5.71. The van der Waals surface area contributed by atoms with Crippen LogP contribution < -0.4 is 4.74 Å². The largest absolute Gasteiger partial charge is 0.494 e. The Morgan fingerprint density at radius 1 is 0.383 bits per heavy atom. The minimum Gasteiger partial charge on any atom is -0.494 e. The van der Waals surface area contributed by atoms with Gasteiger partial charge in [0.2, 0.25) is 0 Å². The zero-order valence-corrected chi connectivity index (χ0v) is 25.6. The van der Waals surface area contributed by atoms with Crippen molar-refractivity contribution in [3.63, 3.8) is 0 Å². The molecule has 0 fully saturated rings. The van der Waals surface area contributed by atoms with Gasteiger partial charge in [-0.3, -0.25) is 0 Å². The predicted molar refractivity (Wildman–Crippen MR) is 170 cm³/mol. The molecule has 0 aliphatic carbocycles. The zero-order chi connectivity index (χ0) is 33.3. The summed E-state index contributed by atoms with van der Waals surface area (Å²) in [6, 6.07) is 21.3. The molecule has 0 spiro atoms. The Morgan fingerprint density at radius 3 is 1.57 bits per heavy atom. The molecular formula is C39H33F7O. The van der Waals surface area contributed by atoms with E-state index in [0.29, 0.717) is 23.5 Å². The number of hydrogen-bond donors (Lipinski definition) is 0. The molecule has 0 bridgehead atoms. The van der Waals surface area contributed by atoms with E-state index in [1.807, 2.05) is 6.07 Å². The minimum atomic E-state index is -1.59. The van der Waals surface area contributed by atoms with Gasteiger partial charge >= 0.3 is 0 Å². The smallest absolute Gasteiger partial charge is 0.194 e. The number of unbranched alkanes of at least 4 members (excludes halogenated alkanes) is 6. The minimum absolute atomic E-state index is 0.0326. The van der Waals surface area contributed by atoms with E-state index in [4.69, 9.17) is 4.74 Å². The van der Waals surface area contributed by atoms with E-state index in [1.54, 1.807) is 36.4 Å². The van der Waals surface area contributed by atoms with Crippen LogP contribution in [0, 0.1) is 40.7 Å². The molecule has 5 aromatic rings. The Bertz CT molecular complexity index is 1790. The second-order valence-electron chi connectivity index (χ2n) is 11.5. The first-order chi connectivity index (χ1) is 22.7. The molecule has 1 nitrogen and oxygen atoms in total. The van der Waals surface area contributed by atoms with E-state index >= 15 is 0 Å². The van der Waals surface area contributed by atoms with E-state index in [9.17, 15) is 30.7 Å². The molecule has 0 unspecified atom stereocenters. The van der Waals surface area contributed by atoms with Gasteiger partial charge in [0.15, 0.2) is 29.1 Å². The van der Waals surface area contributed by atoms with Crippen LogP contribution >= 0.6 is 0 Å². The van der Waals surface area contributed by atoms with Crippen molar-refractivity contribution in [1.82, 2.24) is 0 Å². The van der Waals surface area contributed by atoms with Crippen molar-refractivity contribution in [1.29, 1.82) is 0 Å². The van der Waals surface area contributed by atoms with Crippen molar-refractivity contribution in [2.75, 3.05) is 6.61 Å². The molecule has 0 saturated heterocycles. The van der Waals surface area contributed by atoms with Crippen molar-refractivity contribution in [3.05, 3.63) is 137 Å². The van der Waals surface area contributed by atoms with Gasteiger partial charge < -0.3 is 4.74 Å². The first-order valence-corrected chi connectivity index (χ1v) is 15.6. The first-order valence-electron chi connectivity index (χ1n) is 15.6. The van der Waals surface area contributed by atoms with Crippen molar-refractivity contribution < 1.29 is 35.5 Å². The summed E-state index contributed by atoms with van der Waals surface area (Å²) in [4.78, 5) is 0. The lowest BCUT2D eigenvalue weighted by Gasteiger charge is -2.10. The molecule has 0 atom stereocenters. The molecule has 47 heavy (non-hydrogen) atoms. The maximum Gasteiger partial charge on any atom is 0.194 e. The Kier molecular flexibility index (Phi) is 11.4. The molecule has 0 aromatic heterocycles. The van der Waals surface area contributed by atoms with Gasteiger partial charge in [0.25, 0.3) is 0 Å². The second kappa shape index (κ2) is 15.8. The van der Waals surface area contributed by atoms with Crippen LogP contribution in [0.2, 0.25) is 0 Å². The molecule has 5 aromatic carbocycles. The monoisotopic (exact) mass is 650 g/mol. The summed E-state index contributed by atoms with van der Waals surface area (Å²) < 4.78 is 102. The summed E-state index contributed by atoms with van der Waals surface area (Å²) in [5.41, 5.74) is 2.62. The Labute approximate surface area is 269 Å². The second-order valence-corrected chi connectivity index (χ2v) is 11.5. The first kappa shape index (κ1) is 33.8. The SMILES string of the molecule is Fc1ccc(-c2ccc(CCCCCCCCCOc3ccc(-c4ccc(-c5cc(F)c(F)c(F)c5)c(F)c4)cc3)cc2F)cc1F. The van der Waals surface area contributed by atoms with Crippen molar-refractivity contribution in [2.45, 2.75) is 51.4 Å². The standard InChI is InChI=1S/C39H33F7O/c40-33-18-13-28(22-36(33)43)31-16-9-25(20-34(31)41)8-6-4-2-1-3-5-7-19-47-30-14-10-26(11-15-30)27-12-17-32(35(42)21-27)29-23-37(44)39(46)38(45)24-29/h9-18,20-24H,1-8,19H2. The van der Waals surface area contributed by atoms with Gasteiger partial charge in [0.1, 0.15) is 17.4 Å². The van der Waals surface area contributed by atoms with Gasteiger partial charge in [0, 0.05) is 11.1 Å². The average molecular weight is 651 g/mol. The normalized spacial score (nSPS) is 11.2. The molecule has 0 amide bonds. The molecule has 0 N–H and O–H groups in total. The fourth-order valence-electron chi connectivity index (χ4n) is 5.50. The highest BCUT2D eigenvalue weighted by Crippen LogP contribution is 2.31. The quantitative estimate of drug-likeness (QED) is 0.0660. The maximum absolute atomic E-state index is 14.8. The molecule has 0 aliphatic rings. The molecule has 5 rings (SSSR count). The third-order valence-electron chi connectivity index (χ3n) is 8.09. The van der Waals surface area contributed by atoms with Gasteiger partial charge in [-0.1, -0.05) is 74.6 Å². The predicted octanol–water partition coefficient (Wildman–Crippen LogP) is 12.0. The lowest BCUT2D eigenvalue weighted by molar-refractivity contribution is 0.304. The van der Waals surface area contributed by atoms with Crippen LogP contribution in [0.25, 0.3) is 33.4 Å². The topological polar surface area (TPSA) is 9.23 Å². The summed E-state index contributed by atoms with van der Waals surface area (Å²) in [6.07, 6.45) is 7.92. The lowest BCUT2D eigenvalue weighted by atomic mass is 9.99. The van der Waals surface area contributed by atoms with Gasteiger partial charge in [0.05, 0.1) is 6.61 Å². The maximum atomic E-state index is 14.8. The molecule has 244 valence electrons. The van der Waals surface area contributed by atoms with Crippen LogP contribution in [0.3, 0.4) is 0 Å². The summed E-state index contributed by atoms with van der Waals surface area (Å²) >= 11 is 0. The van der Waals surface area contributed by atoms with Crippen molar-refractivity contribution in [3.8, 4) is 39.1 Å². The number of aryl methyl sites for hydroxylation is 1. The fraction of sp³-hybridized carbons (Fsp3) is 0.231. The third-order valence-corrected chi connectivity index (χ3v) is 8.09. The van der Waals surface area contributed by atoms with Crippen LogP contribution in [0.4, 0.5) is 30.7 Å². The Balaban J connectivity index is 0.969. The van der Waals surface area contributed by atoms with E-state index in [2.05, 4.69) is 0 Å². The third kappa shape index (κ3) is 8.82. The number of halogens is 7. The van der Waals surface area contributed by atoms with Gasteiger partial charge in [-0.05, 0) is 95.6 Å². The van der Waals surface area contributed by atoms with Crippen molar-refractivity contribution in [2.24, 2.45) is 0 Å². The molecule has 0 aliphatic heterocycles. The van der Waals surface area contributed by atoms with E-state index in [1.165, 1.54) is 24.3 Å². The van der Waals surface area contributed by atoms with Gasteiger partial charge in [-0.2, -0.15) is 0 Å². The molecule has 8 heteroatoms. The average Bonchev–Trinajstić information content (AvgIpc) is 3.06. The number of ether oxygens (including phenoxy) is 1. The fourth-order valence-corrected chi connectivity index (χ4v) is 5.50. The van der Waals surface area contributed by atoms with Gasteiger partial charge in [-0.25, -0.2) is 30.7 Å². The molecule has 0 heterocycles. The summed E-state index contributed by atoms with van der Waals surface area (Å²) in [5.74, 6) is -6.75. The summed E-state index contributed by atoms with van der Waals surface area (Å²) in [5, 5.41) is 0. The highest BCUT2D eigenvalue weighted by atomic mass is 19.2. The molecule has 0 radical (unpaired) electrons. The van der Waals surface area contributed by atoms with E-state index in [0.717, 1.165) is 86.8 Å². The highest BCUT2D eigenvalue weighted by Gasteiger charge is 2.15. The number of hydrogen-bond acceptors (Lipinski definition) is 1. The Hall–Kier alpha value is -4.59. The Morgan fingerprint density at radius 2 is 0.915 bits per heavy atom. The van der Waals surface area contributed by atoms with Crippen LogP contribution in [-0.4, -0.2) is 6.61 Å². The summed E-state index contributed by atoms with van der Waals surface area (Å²) in [7, 11) is 0. The zero-order valence-electron chi connectivity index (χ0n) is 25.6. The van der Waals surface area contributed by atoms with Gasteiger partial charge in [-0.15, -0.1) is 0 Å². The van der Waals surface area contributed by atoms with Crippen molar-refractivity contribution >= 4 is 0 Å². The van der Waals surface area contributed by atoms with Crippen LogP contribution in [0.15, 0.2) is 91.0 Å². The number of rotatable bonds is 14. The number of benzene rings is 5. The molecular weight excluding hydrogens is 617 g/mol.